The Kier molecular flexibility index (Phi) is 7.22. The lowest BCUT2D eigenvalue weighted by atomic mass is 9.51. The van der Waals surface area contributed by atoms with Gasteiger partial charge in [-0.15, -0.1) is 11.3 Å². The number of allylic oxidation sites excluding steroid dienone is 2. The number of imide groups is 2. The van der Waals surface area contributed by atoms with Gasteiger partial charge < -0.3 is 9.84 Å². The second kappa shape index (κ2) is 10.8. The van der Waals surface area contributed by atoms with E-state index < -0.39 is 52.6 Å². The molecule has 2 aromatic carbocycles. The van der Waals surface area contributed by atoms with Crippen LogP contribution in [-0.4, -0.2) is 40.7 Å². The lowest BCUT2D eigenvalue weighted by molar-refractivity contribution is -0.141. The molecule has 7 rings (SSSR count). The Hall–Kier alpha value is -3.54. The first-order valence-electron chi connectivity index (χ1n) is 14.4. The molecule has 4 amide bonds. The van der Waals surface area contributed by atoms with Gasteiger partial charge in [0.25, 0.3) is 0 Å². The molecule has 6 atom stereocenters. The van der Waals surface area contributed by atoms with Crippen LogP contribution in [0.25, 0.3) is 0 Å². The van der Waals surface area contributed by atoms with Gasteiger partial charge in [-0.2, -0.15) is 0 Å². The van der Waals surface area contributed by atoms with Crippen molar-refractivity contribution in [2.24, 2.45) is 29.1 Å². The van der Waals surface area contributed by atoms with Crippen LogP contribution < -0.4 is 9.64 Å². The van der Waals surface area contributed by atoms with Crippen LogP contribution in [0.5, 0.6) is 11.5 Å². The van der Waals surface area contributed by atoms with Crippen molar-refractivity contribution in [2.45, 2.75) is 32.2 Å². The Balaban J connectivity index is 1.37. The first kappa shape index (κ1) is 30.1. The van der Waals surface area contributed by atoms with Crippen molar-refractivity contribution in [3.05, 3.63) is 85.2 Å². The first-order chi connectivity index (χ1) is 21.5. The predicted molar refractivity (Wildman–Crippen MR) is 168 cm³/mol. The molecule has 8 nitrogen and oxygen atoms in total. The summed E-state index contributed by atoms with van der Waals surface area (Å²) in [6.07, 6.45) is 2.45. The molecule has 2 saturated heterocycles. The Morgan fingerprint density at radius 1 is 1.11 bits per heavy atom. The SMILES string of the molecule is COc1cc([C@H]2C3=CC[C@@H]4C(=O)N(Cc5cccs5)C(=O)[C@@H]4[C@@H]3C[C@H]3C(=O)N(c4ccc(F)c(Cl)c4)C(=O)[C@@]23C)cc(Br)c1O. The number of halogens is 3. The maximum Gasteiger partial charge on any atom is 0.241 e. The van der Waals surface area contributed by atoms with Gasteiger partial charge in [0.05, 0.1) is 52.0 Å². The number of carbonyl (C=O) groups is 4. The minimum absolute atomic E-state index is 0.120. The third-order valence-electron chi connectivity index (χ3n) is 10.0. The zero-order valence-corrected chi connectivity index (χ0v) is 27.3. The molecule has 3 heterocycles. The fraction of sp³-hybridized carbons (Fsp3) is 0.333. The van der Waals surface area contributed by atoms with Crippen LogP contribution in [0.1, 0.15) is 36.1 Å². The van der Waals surface area contributed by atoms with Gasteiger partial charge in [-0.1, -0.05) is 29.3 Å². The molecule has 0 spiro atoms. The molecule has 0 radical (unpaired) electrons. The van der Waals surface area contributed by atoms with Crippen molar-refractivity contribution in [1.82, 2.24) is 4.90 Å². The zero-order chi connectivity index (χ0) is 31.9. The summed E-state index contributed by atoms with van der Waals surface area (Å²) < 4.78 is 19.9. The molecule has 45 heavy (non-hydrogen) atoms. The molecule has 1 aromatic heterocycles. The number of phenols is 1. The van der Waals surface area contributed by atoms with E-state index >= 15 is 0 Å². The second-order valence-corrected chi connectivity index (χ2v) is 14.4. The number of carbonyl (C=O) groups excluding carboxylic acids is 4. The van der Waals surface area contributed by atoms with Gasteiger partial charge in [0.2, 0.25) is 23.6 Å². The Bertz CT molecular complexity index is 1830. The quantitative estimate of drug-likeness (QED) is 0.241. The van der Waals surface area contributed by atoms with E-state index in [0.29, 0.717) is 16.5 Å². The van der Waals surface area contributed by atoms with Gasteiger partial charge in [-0.05, 0) is 89.0 Å². The molecular formula is C33H27BrClFN2O6S. The standard InChI is InChI=1S/C33H27BrClFN2O6S/c1-33-21(30(41)38(32(33)43)16-5-8-24(36)23(35)12-16)13-20-18(27(33)15-10-22(34)28(39)25(11-15)44-2)6-7-19-26(20)31(42)37(29(19)40)14-17-4-3-9-45-17/h3-6,8-12,19-21,26-27,39H,7,13-14H2,1-2H3/t19-,20+,21-,26-,27-,33+/m0/s1. The highest BCUT2D eigenvalue weighted by Crippen LogP contribution is 2.64. The summed E-state index contributed by atoms with van der Waals surface area (Å²) in [5, 5.41) is 12.3. The highest BCUT2D eigenvalue weighted by atomic mass is 79.9. The number of aromatic hydroxyl groups is 1. The summed E-state index contributed by atoms with van der Waals surface area (Å²) in [5.41, 5.74) is 0.232. The van der Waals surface area contributed by atoms with E-state index in [9.17, 15) is 28.7 Å². The van der Waals surface area contributed by atoms with E-state index in [2.05, 4.69) is 15.9 Å². The minimum atomic E-state index is -1.32. The van der Waals surface area contributed by atoms with E-state index in [4.69, 9.17) is 16.3 Å². The highest BCUT2D eigenvalue weighted by Gasteiger charge is 2.67. The molecule has 2 aliphatic heterocycles. The Morgan fingerprint density at radius 2 is 1.89 bits per heavy atom. The van der Waals surface area contributed by atoms with Gasteiger partial charge in [0, 0.05) is 10.8 Å². The molecule has 4 aliphatic rings. The van der Waals surface area contributed by atoms with Crippen molar-refractivity contribution < 1.29 is 33.4 Å². The fourth-order valence-corrected chi connectivity index (χ4v) is 9.29. The number of methoxy groups -OCH3 is 1. The summed E-state index contributed by atoms with van der Waals surface area (Å²) in [6, 6.07) is 10.8. The summed E-state index contributed by atoms with van der Waals surface area (Å²) in [5.74, 6) is -5.44. The fourth-order valence-electron chi connectivity index (χ4n) is 7.96. The first-order valence-corrected chi connectivity index (χ1v) is 16.5. The smallest absolute Gasteiger partial charge is 0.241 e. The van der Waals surface area contributed by atoms with Crippen LogP contribution in [-0.2, 0) is 25.7 Å². The maximum absolute atomic E-state index is 14.5. The van der Waals surface area contributed by atoms with Crippen LogP contribution in [0.3, 0.4) is 0 Å². The third-order valence-corrected chi connectivity index (χ3v) is 11.8. The van der Waals surface area contributed by atoms with Crippen molar-refractivity contribution >= 4 is 68.2 Å². The number of likely N-dealkylation sites (tertiary alicyclic amines) is 1. The topological polar surface area (TPSA) is 104 Å². The summed E-state index contributed by atoms with van der Waals surface area (Å²) >= 11 is 10.9. The molecule has 3 fully saturated rings. The summed E-state index contributed by atoms with van der Waals surface area (Å²) in [4.78, 5) is 59.8. The van der Waals surface area contributed by atoms with Gasteiger partial charge >= 0.3 is 0 Å². The number of hydrogen-bond acceptors (Lipinski definition) is 7. The van der Waals surface area contributed by atoms with Crippen molar-refractivity contribution in [3.8, 4) is 11.5 Å². The minimum Gasteiger partial charge on any atom is -0.503 e. The van der Waals surface area contributed by atoms with Crippen LogP contribution >= 0.6 is 38.9 Å². The second-order valence-electron chi connectivity index (χ2n) is 12.2. The number of fused-ring (bicyclic) bond motifs is 4. The van der Waals surface area contributed by atoms with E-state index in [1.807, 2.05) is 23.6 Å². The Labute approximate surface area is 275 Å². The number of anilines is 1. The summed E-state index contributed by atoms with van der Waals surface area (Å²) in [7, 11) is 1.42. The monoisotopic (exact) mass is 712 g/mol. The van der Waals surface area contributed by atoms with E-state index in [-0.39, 0.29) is 47.0 Å². The number of nitrogens with zero attached hydrogens (tertiary/aromatic N) is 2. The number of ether oxygens (including phenoxy) is 1. The van der Waals surface area contributed by atoms with Crippen LogP contribution in [0.2, 0.25) is 5.02 Å². The molecule has 0 unspecified atom stereocenters. The molecule has 3 aromatic rings. The maximum atomic E-state index is 14.5. The Morgan fingerprint density at radius 3 is 2.58 bits per heavy atom. The van der Waals surface area contributed by atoms with Gasteiger partial charge in [-0.3, -0.25) is 24.1 Å². The number of phenolic OH excluding ortho intramolecular Hbond substituents is 1. The normalized spacial score (nSPS) is 29.1. The molecule has 232 valence electrons. The van der Waals surface area contributed by atoms with E-state index in [1.165, 1.54) is 35.5 Å². The predicted octanol–water partition coefficient (Wildman–Crippen LogP) is 6.45. The molecule has 12 heteroatoms. The van der Waals surface area contributed by atoms with Crippen molar-refractivity contribution in [3.63, 3.8) is 0 Å². The molecule has 0 bridgehead atoms. The van der Waals surface area contributed by atoms with Gasteiger partial charge in [0.15, 0.2) is 11.5 Å². The zero-order valence-electron chi connectivity index (χ0n) is 24.1. The van der Waals surface area contributed by atoms with Crippen LogP contribution in [0.4, 0.5) is 10.1 Å². The number of benzene rings is 2. The highest BCUT2D eigenvalue weighted by molar-refractivity contribution is 9.10. The van der Waals surface area contributed by atoms with Gasteiger partial charge in [-0.25, -0.2) is 9.29 Å². The molecule has 2 aliphatic carbocycles. The summed E-state index contributed by atoms with van der Waals surface area (Å²) in [6.45, 7) is 1.93. The van der Waals surface area contributed by atoms with Crippen molar-refractivity contribution in [2.75, 3.05) is 12.0 Å². The number of amides is 4. The largest absolute Gasteiger partial charge is 0.503 e. The number of hydrogen-bond donors (Lipinski definition) is 1. The molecular weight excluding hydrogens is 687 g/mol. The lowest BCUT2D eigenvalue weighted by Gasteiger charge is -2.49. The van der Waals surface area contributed by atoms with Crippen molar-refractivity contribution in [1.29, 1.82) is 0 Å². The molecule has 1 saturated carbocycles. The average molecular weight is 714 g/mol. The third kappa shape index (κ3) is 4.34. The van der Waals surface area contributed by atoms with Crippen LogP contribution in [0, 0.1) is 34.9 Å². The van der Waals surface area contributed by atoms with Crippen LogP contribution in [0.15, 0.2) is 64.0 Å². The number of thiophene rings is 1. The average Bonchev–Trinajstić information content (AvgIpc) is 3.67. The van der Waals surface area contributed by atoms with E-state index in [1.54, 1.807) is 19.1 Å². The number of rotatable bonds is 5. The van der Waals surface area contributed by atoms with Gasteiger partial charge in [0.1, 0.15) is 5.82 Å². The lowest BCUT2D eigenvalue weighted by Crippen LogP contribution is -2.48. The molecule has 1 N–H and O–H groups in total. The van der Waals surface area contributed by atoms with E-state index in [0.717, 1.165) is 21.4 Å².